The molecule has 2 aliphatic rings. The number of nitrogens with zero attached hydrogens (tertiary/aromatic N) is 1. The van der Waals surface area contributed by atoms with E-state index in [2.05, 4.69) is 4.90 Å². The van der Waals surface area contributed by atoms with E-state index in [0.29, 0.717) is 0 Å². The van der Waals surface area contributed by atoms with Crippen LogP contribution in [0.2, 0.25) is 5.02 Å². The summed E-state index contributed by atoms with van der Waals surface area (Å²) in [4.78, 5) is 2.58. The summed E-state index contributed by atoms with van der Waals surface area (Å²) in [6.07, 6.45) is 5.64. The normalized spacial score (nSPS) is 19.4. The number of nitrogens with two attached hydrogens (primary N) is 1. The van der Waals surface area contributed by atoms with Gasteiger partial charge in [-0.25, -0.2) is 0 Å². The molecule has 18 heavy (non-hydrogen) atoms. The van der Waals surface area contributed by atoms with E-state index in [9.17, 15) is 0 Å². The van der Waals surface area contributed by atoms with E-state index in [0.717, 1.165) is 29.1 Å². The summed E-state index contributed by atoms with van der Waals surface area (Å²) < 4.78 is 0. The fourth-order valence-electron chi connectivity index (χ4n) is 2.49. The van der Waals surface area contributed by atoms with Crippen LogP contribution >= 0.6 is 11.6 Å². The maximum atomic E-state index is 6.06. The largest absolute Gasteiger partial charge is 0.398 e. The first-order valence-electron chi connectivity index (χ1n) is 6.97. The predicted octanol–water partition coefficient (Wildman–Crippen LogP) is 3.54. The molecule has 98 valence electrons. The number of benzene rings is 1. The molecule has 0 radical (unpaired) electrons. The van der Waals surface area contributed by atoms with Crippen molar-refractivity contribution in [2.24, 2.45) is 11.8 Å². The van der Waals surface area contributed by atoms with Gasteiger partial charge in [0.2, 0.25) is 0 Å². The highest BCUT2D eigenvalue weighted by atomic mass is 35.5. The molecule has 1 aromatic rings. The molecule has 0 aromatic heterocycles. The van der Waals surface area contributed by atoms with E-state index in [4.69, 9.17) is 17.3 Å². The number of halogens is 1. The van der Waals surface area contributed by atoms with E-state index >= 15 is 0 Å². The molecule has 1 aromatic carbocycles. The minimum absolute atomic E-state index is 0.789. The SMILES string of the molecule is Nc1ccc(Cl)cc1CN(CC1CC1)CC1CC1. The van der Waals surface area contributed by atoms with E-state index in [1.54, 1.807) is 0 Å². The van der Waals surface area contributed by atoms with Gasteiger partial charge < -0.3 is 5.73 Å². The minimum atomic E-state index is 0.789. The molecule has 2 nitrogen and oxygen atoms in total. The van der Waals surface area contributed by atoms with E-state index in [-0.39, 0.29) is 0 Å². The van der Waals surface area contributed by atoms with E-state index < -0.39 is 0 Å². The zero-order valence-electron chi connectivity index (χ0n) is 10.7. The van der Waals surface area contributed by atoms with Gasteiger partial charge in [0.1, 0.15) is 0 Å². The standard InChI is InChI=1S/C15H21ClN2/c16-14-5-6-15(17)13(7-14)10-18(8-11-1-2-11)9-12-3-4-12/h5-7,11-12H,1-4,8-10,17H2. The maximum Gasteiger partial charge on any atom is 0.0410 e. The van der Waals surface area contributed by atoms with Gasteiger partial charge in [0, 0.05) is 30.3 Å². The summed E-state index contributed by atoms with van der Waals surface area (Å²) in [5, 5.41) is 0.789. The van der Waals surface area contributed by atoms with Crippen molar-refractivity contribution >= 4 is 17.3 Å². The van der Waals surface area contributed by atoms with Crippen LogP contribution < -0.4 is 5.73 Å². The van der Waals surface area contributed by atoms with Gasteiger partial charge in [-0.1, -0.05) is 11.6 Å². The number of anilines is 1. The van der Waals surface area contributed by atoms with Crippen molar-refractivity contribution in [3.63, 3.8) is 0 Å². The third kappa shape index (κ3) is 3.39. The molecule has 2 aliphatic carbocycles. The Labute approximate surface area is 114 Å². The molecule has 2 N–H and O–H groups in total. The second kappa shape index (κ2) is 5.10. The zero-order valence-corrected chi connectivity index (χ0v) is 11.5. The topological polar surface area (TPSA) is 29.3 Å². The zero-order chi connectivity index (χ0) is 12.5. The molecule has 0 amide bonds. The molecule has 2 fully saturated rings. The smallest absolute Gasteiger partial charge is 0.0410 e. The lowest BCUT2D eigenvalue weighted by molar-refractivity contribution is 0.244. The molecular weight excluding hydrogens is 244 g/mol. The summed E-state index contributed by atoms with van der Waals surface area (Å²) in [6, 6.07) is 5.81. The van der Waals surface area contributed by atoms with Crippen molar-refractivity contribution < 1.29 is 0 Å². The van der Waals surface area contributed by atoms with Crippen molar-refractivity contribution in [3.05, 3.63) is 28.8 Å². The number of rotatable bonds is 6. The Bertz CT molecular complexity index is 411. The van der Waals surface area contributed by atoms with Gasteiger partial charge >= 0.3 is 0 Å². The predicted molar refractivity (Wildman–Crippen MR) is 76.6 cm³/mol. The first-order chi connectivity index (χ1) is 8.70. The van der Waals surface area contributed by atoms with Crippen LogP contribution in [0.15, 0.2) is 18.2 Å². The number of nitrogen functional groups attached to an aromatic ring is 1. The Morgan fingerprint density at radius 1 is 1.11 bits per heavy atom. The van der Waals surface area contributed by atoms with Crippen molar-refractivity contribution in [3.8, 4) is 0 Å². The van der Waals surface area contributed by atoms with Gasteiger partial charge in [-0.3, -0.25) is 4.90 Å². The molecule has 0 bridgehead atoms. The second-order valence-electron chi connectivity index (χ2n) is 5.92. The van der Waals surface area contributed by atoms with Gasteiger partial charge in [-0.05, 0) is 61.3 Å². The highest BCUT2D eigenvalue weighted by Crippen LogP contribution is 2.34. The van der Waals surface area contributed by atoms with Crippen molar-refractivity contribution in [1.82, 2.24) is 4.90 Å². The van der Waals surface area contributed by atoms with Crippen molar-refractivity contribution in [1.29, 1.82) is 0 Å². The molecular formula is C15H21ClN2. The quantitative estimate of drug-likeness (QED) is 0.797. The van der Waals surface area contributed by atoms with Gasteiger partial charge in [0.05, 0.1) is 0 Å². The average Bonchev–Trinajstić information content (AvgIpc) is 3.19. The molecule has 0 spiro atoms. The fourth-order valence-corrected chi connectivity index (χ4v) is 2.68. The summed E-state index contributed by atoms with van der Waals surface area (Å²) >= 11 is 6.06. The average molecular weight is 265 g/mol. The Hall–Kier alpha value is -0.730. The molecule has 3 heteroatoms. The van der Waals surface area contributed by atoms with Crippen LogP contribution in [-0.2, 0) is 6.54 Å². The van der Waals surface area contributed by atoms with Crippen molar-refractivity contribution in [2.75, 3.05) is 18.8 Å². The molecule has 0 saturated heterocycles. The Balaban J connectivity index is 1.66. The third-order valence-electron chi connectivity index (χ3n) is 3.93. The van der Waals surface area contributed by atoms with Crippen LogP contribution in [0, 0.1) is 11.8 Å². The summed E-state index contributed by atoms with van der Waals surface area (Å²) in [7, 11) is 0. The van der Waals surface area contributed by atoms with Crippen LogP contribution in [0.4, 0.5) is 5.69 Å². The first-order valence-corrected chi connectivity index (χ1v) is 7.35. The molecule has 2 saturated carbocycles. The second-order valence-corrected chi connectivity index (χ2v) is 6.36. The number of hydrogen-bond acceptors (Lipinski definition) is 2. The van der Waals surface area contributed by atoms with Crippen LogP contribution in [0.25, 0.3) is 0 Å². The van der Waals surface area contributed by atoms with E-state index in [1.165, 1.54) is 44.3 Å². The lowest BCUT2D eigenvalue weighted by Gasteiger charge is -2.23. The Kier molecular flexibility index (Phi) is 3.49. The van der Waals surface area contributed by atoms with Gasteiger partial charge in [-0.15, -0.1) is 0 Å². The monoisotopic (exact) mass is 264 g/mol. The molecule has 0 atom stereocenters. The molecule has 0 unspecified atom stereocenters. The fraction of sp³-hybridized carbons (Fsp3) is 0.600. The summed E-state index contributed by atoms with van der Waals surface area (Å²) in [5.74, 6) is 1.87. The van der Waals surface area contributed by atoms with Crippen LogP contribution in [0.3, 0.4) is 0 Å². The lowest BCUT2D eigenvalue weighted by Crippen LogP contribution is -2.28. The van der Waals surface area contributed by atoms with Gasteiger partial charge in [-0.2, -0.15) is 0 Å². The Morgan fingerprint density at radius 2 is 1.72 bits per heavy atom. The summed E-state index contributed by atoms with van der Waals surface area (Å²) in [5.41, 5.74) is 8.10. The molecule has 0 aliphatic heterocycles. The van der Waals surface area contributed by atoms with E-state index in [1.807, 2.05) is 18.2 Å². The first kappa shape index (κ1) is 12.3. The lowest BCUT2D eigenvalue weighted by atomic mass is 10.1. The third-order valence-corrected chi connectivity index (χ3v) is 4.16. The summed E-state index contributed by atoms with van der Waals surface area (Å²) in [6.45, 7) is 3.43. The Morgan fingerprint density at radius 3 is 2.28 bits per heavy atom. The van der Waals surface area contributed by atoms with Crippen molar-refractivity contribution in [2.45, 2.75) is 32.2 Å². The number of hydrogen-bond donors (Lipinski definition) is 1. The molecule has 0 heterocycles. The van der Waals surface area contributed by atoms with Crippen LogP contribution in [0.5, 0.6) is 0 Å². The molecule has 3 rings (SSSR count). The van der Waals surface area contributed by atoms with Crippen LogP contribution in [0.1, 0.15) is 31.2 Å². The minimum Gasteiger partial charge on any atom is -0.398 e. The van der Waals surface area contributed by atoms with Gasteiger partial charge in [0.25, 0.3) is 0 Å². The highest BCUT2D eigenvalue weighted by molar-refractivity contribution is 6.30. The maximum absolute atomic E-state index is 6.06. The van der Waals surface area contributed by atoms with Crippen LogP contribution in [-0.4, -0.2) is 18.0 Å². The highest BCUT2D eigenvalue weighted by Gasteiger charge is 2.29. The van der Waals surface area contributed by atoms with Gasteiger partial charge in [0.15, 0.2) is 0 Å².